The maximum Gasteiger partial charge on any atom is 0.416 e. The lowest BCUT2D eigenvalue weighted by Gasteiger charge is -2.33. The molecule has 1 nitrogen and oxygen atoms in total. The second kappa shape index (κ2) is 5.84. The number of anilines is 1. The smallest absolute Gasteiger partial charge is 0.381 e. The first-order valence-electron chi connectivity index (χ1n) is 6.90. The second-order valence-electron chi connectivity index (χ2n) is 5.80. The van der Waals surface area contributed by atoms with E-state index in [1.54, 1.807) is 0 Å². The average molecular weight is 306 g/mol. The van der Waals surface area contributed by atoms with Gasteiger partial charge in [0.25, 0.3) is 0 Å². The van der Waals surface area contributed by atoms with E-state index in [1.807, 2.05) is 0 Å². The number of hydrogen-bond acceptors (Lipinski definition) is 1. The summed E-state index contributed by atoms with van der Waals surface area (Å²) in [5, 5.41) is 3.52. The zero-order valence-corrected chi connectivity index (χ0v) is 12.4. The number of rotatable bonds is 2. The minimum Gasteiger partial charge on any atom is -0.381 e. The first kappa shape index (κ1) is 15.5. The van der Waals surface area contributed by atoms with Gasteiger partial charge in [0.1, 0.15) is 0 Å². The molecule has 1 aliphatic carbocycles. The monoisotopic (exact) mass is 305 g/mol. The van der Waals surface area contributed by atoms with Crippen LogP contribution in [0.2, 0.25) is 5.02 Å². The van der Waals surface area contributed by atoms with Gasteiger partial charge in [-0.15, -0.1) is 0 Å². The summed E-state index contributed by atoms with van der Waals surface area (Å²) in [6, 6.07) is 3.62. The van der Waals surface area contributed by atoms with E-state index in [1.165, 1.54) is 6.07 Å². The van der Waals surface area contributed by atoms with Gasteiger partial charge in [-0.05, 0) is 49.3 Å². The predicted molar refractivity (Wildman–Crippen MR) is 76.0 cm³/mol. The van der Waals surface area contributed by atoms with Crippen LogP contribution in [0.4, 0.5) is 18.9 Å². The first-order chi connectivity index (χ1) is 9.27. The van der Waals surface area contributed by atoms with Crippen molar-refractivity contribution >= 4 is 17.3 Å². The van der Waals surface area contributed by atoms with E-state index in [0.717, 1.165) is 31.4 Å². The summed E-state index contributed by atoms with van der Waals surface area (Å²) in [6.07, 6.45) is -1.31. The molecule has 0 saturated heterocycles. The molecule has 0 spiro atoms. The van der Waals surface area contributed by atoms with Gasteiger partial charge >= 0.3 is 6.18 Å². The molecule has 0 radical (unpaired) electrons. The Hall–Kier alpha value is -0.900. The maximum absolute atomic E-state index is 12.7. The quantitative estimate of drug-likeness (QED) is 0.750. The molecule has 0 amide bonds. The summed E-state index contributed by atoms with van der Waals surface area (Å²) in [4.78, 5) is 0. The lowest BCUT2D eigenvalue weighted by atomic mass is 9.79. The molecule has 1 fully saturated rings. The third kappa shape index (κ3) is 3.60. The molecule has 5 heteroatoms. The Kier molecular flexibility index (Phi) is 4.52. The highest BCUT2D eigenvalue weighted by Crippen LogP contribution is 2.36. The van der Waals surface area contributed by atoms with Gasteiger partial charge < -0.3 is 5.32 Å². The molecule has 112 valence electrons. The summed E-state index contributed by atoms with van der Waals surface area (Å²) in [5.74, 6) is 1.25. The fourth-order valence-corrected chi connectivity index (χ4v) is 2.88. The van der Waals surface area contributed by atoms with E-state index in [9.17, 15) is 13.2 Å². The molecule has 1 N–H and O–H groups in total. The van der Waals surface area contributed by atoms with Crippen molar-refractivity contribution in [3.8, 4) is 0 Å². The maximum atomic E-state index is 12.7. The van der Waals surface area contributed by atoms with Crippen LogP contribution in [0.15, 0.2) is 18.2 Å². The lowest BCUT2D eigenvalue weighted by Crippen LogP contribution is -2.30. The van der Waals surface area contributed by atoms with Crippen molar-refractivity contribution in [2.75, 3.05) is 5.32 Å². The largest absolute Gasteiger partial charge is 0.416 e. The zero-order valence-electron chi connectivity index (χ0n) is 11.6. The molecule has 2 rings (SSSR count). The Labute approximate surface area is 122 Å². The molecule has 0 bridgehead atoms. The predicted octanol–water partition coefficient (Wildman–Crippen LogP) is 5.60. The van der Waals surface area contributed by atoms with Crippen molar-refractivity contribution in [1.82, 2.24) is 0 Å². The van der Waals surface area contributed by atoms with E-state index < -0.39 is 11.7 Å². The summed E-state index contributed by atoms with van der Waals surface area (Å²) in [6.45, 7) is 4.41. The van der Waals surface area contributed by atoms with Crippen LogP contribution in [0, 0.1) is 11.8 Å². The van der Waals surface area contributed by atoms with Crippen LogP contribution < -0.4 is 5.32 Å². The minimum atomic E-state index is -4.34. The fourth-order valence-electron chi connectivity index (χ4n) is 2.71. The van der Waals surface area contributed by atoms with Gasteiger partial charge in [0.15, 0.2) is 0 Å². The summed E-state index contributed by atoms with van der Waals surface area (Å²) >= 11 is 6.00. The summed E-state index contributed by atoms with van der Waals surface area (Å²) in [5.41, 5.74) is -0.283. The van der Waals surface area contributed by atoms with Crippen LogP contribution in [0.5, 0.6) is 0 Å². The zero-order chi connectivity index (χ0) is 14.9. The number of nitrogens with one attached hydrogen (secondary N) is 1. The third-order valence-electron chi connectivity index (χ3n) is 4.25. The first-order valence-corrected chi connectivity index (χ1v) is 7.28. The standard InChI is InChI=1S/C15H19ClF3N/c1-9-3-5-12(7-10(9)2)20-14-8-11(15(17,18)19)4-6-13(14)16/h4,6,8-10,12,20H,3,5,7H2,1-2H3. The third-order valence-corrected chi connectivity index (χ3v) is 4.58. The molecule has 0 aromatic heterocycles. The molecule has 0 heterocycles. The lowest BCUT2D eigenvalue weighted by molar-refractivity contribution is -0.137. The van der Waals surface area contributed by atoms with E-state index in [-0.39, 0.29) is 6.04 Å². The van der Waals surface area contributed by atoms with Crippen LogP contribution in [0.1, 0.15) is 38.7 Å². The van der Waals surface area contributed by atoms with Crippen LogP contribution in [-0.4, -0.2) is 6.04 Å². The van der Waals surface area contributed by atoms with Crippen molar-refractivity contribution in [2.45, 2.75) is 45.3 Å². The van der Waals surface area contributed by atoms with E-state index in [0.29, 0.717) is 22.5 Å². The topological polar surface area (TPSA) is 12.0 Å². The van der Waals surface area contributed by atoms with Gasteiger partial charge in [-0.2, -0.15) is 13.2 Å². The molecule has 1 aromatic rings. The summed E-state index contributed by atoms with van der Waals surface area (Å²) in [7, 11) is 0. The van der Waals surface area contributed by atoms with E-state index in [4.69, 9.17) is 11.6 Å². The summed E-state index contributed by atoms with van der Waals surface area (Å²) < 4.78 is 38.2. The highest BCUT2D eigenvalue weighted by atomic mass is 35.5. The Morgan fingerprint density at radius 3 is 2.45 bits per heavy atom. The molecule has 1 aliphatic rings. The Morgan fingerprint density at radius 2 is 1.85 bits per heavy atom. The van der Waals surface area contributed by atoms with Crippen LogP contribution in [-0.2, 0) is 6.18 Å². The average Bonchev–Trinajstić information content (AvgIpc) is 2.35. The molecule has 1 aromatic carbocycles. The Bertz CT molecular complexity index is 473. The number of alkyl halides is 3. The Morgan fingerprint density at radius 1 is 1.15 bits per heavy atom. The second-order valence-corrected chi connectivity index (χ2v) is 6.21. The molecular formula is C15H19ClF3N. The molecule has 3 unspecified atom stereocenters. The van der Waals surface area contributed by atoms with Crippen molar-refractivity contribution in [3.63, 3.8) is 0 Å². The van der Waals surface area contributed by atoms with E-state index in [2.05, 4.69) is 19.2 Å². The van der Waals surface area contributed by atoms with Gasteiger partial charge in [-0.25, -0.2) is 0 Å². The minimum absolute atomic E-state index is 0.196. The van der Waals surface area contributed by atoms with Gasteiger partial charge in [0, 0.05) is 6.04 Å². The van der Waals surface area contributed by atoms with E-state index >= 15 is 0 Å². The number of benzene rings is 1. The van der Waals surface area contributed by atoms with Gasteiger partial charge in [-0.1, -0.05) is 25.4 Å². The van der Waals surface area contributed by atoms with Crippen LogP contribution in [0.25, 0.3) is 0 Å². The van der Waals surface area contributed by atoms with Crippen LogP contribution in [0.3, 0.4) is 0 Å². The molecule has 3 atom stereocenters. The number of halogens is 4. The normalized spacial score (nSPS) is 27.4. The highest BCUT2D eigenvalue weighted by Gasteiger charge is 2.31. The molecule has 1 saturated carbocycles. The van der Waals surface area contributed by atoms with Crippen molar-refractivity contribution < 1.29 is 13.2 Å². The SMILES string of the molecule is CC1CCC(Nc2cc(C(F)(F)F)ccc2Cl)CC1C. The van der Waals surface area contributed by atoms with Gasteiger partial charge in [0.05, 0.1) is 16.3 Å². The van der Waals surface area contributed by atoms with Crippen molar-refractivity contribution in [2.24, 2.45) is 11.8 Å². The molecule has 0 aliphatic heterocycles. The van der Waals surface area contributed by atoms with Crippen LogP contribution >= 0.6 is 11.6 Å². The Balaban J connectivity index is 2.13. The van der Waals surface area contributed by atoms with Crippen molar-refractivity contribution in [1.29, 1.82) is 0 Å². The van der Waals surface area contributed by atoms with Gasteiger partial charge in [0.2, 0.25) is 0 Å². The molecule has 20 heavy (non-hydrogen) atoms. The number of hydrogen-bond donors (Lipinski definition) is 1. The van der Waals surface area contributed by atoms with Gasteiger partial charge in [-0.3, -0.25) is 0 Å². The molecular weight excluding hydrogens is 287 g/mol. The van der Waals surface area contributed by atoms with Crippen molar-refractivity contribution in [3.05, 3.63) is 28.8 Å². The highest BCUT2D eigenvalue weighted by molar-refractivity contribution is 6.33. The fraction of sp³-hybridized carbons (Fsp3) is 0.600.